The summed E-state index contributed by atoms with van der Waals surface area (Å²) in [6.45, 7) is 13.2. The molecule has 0 amide bonds. The number of ether oxygens (including phenoxy) is 2. The van der Waals surface area contributed by atoms with Gasteiger partial charge in [0.15, 0.2) is 0 Å². The van der Waals surface area contributed by atoms with Gasteiger partial charge in [0.2, 0.25) is 0 Å². The highest BCUT2D eigenvalue weighted by Crippen LogP contribution is 2.38. The van der Waals surface area contributed by atoms with E-state index < -0.39 is 14.4 Å². The maximum absolute atomic E-state index is 9.80. The number of methoxy groups -OCH3 is 1. The van der Waals surface area contributed by atoms with Crippen molar-refractivity contribution in [1.82, 2.24) is 0 Å². The number of unbranched alkanes of at least 4 members (excludes halogenated alkanes) is 2. The van der Waals surface area contributed by atoms with Gasteiger partial charge in [-0.25, -0.2) is 0 Å². The minimum Gasteiger partial charge on any atom is -0.405 e. The highest BCUT2D eigenvalue weighted by atomic mass is 28.4. The zero-order valence-corrected chi connectivity index (χ0v) is 24.1. The first-order chi connectivity index (χ1) is 17.2. The highest BCUT2D eigenvalue weighted by Gasteiger charge is 2.50. The van der Waals surface area contributed by atoms with Gasteiger partial charge in [-0.3, -0.25) is 0 Å². The van der Waals surface area contributed by atoms with Gasteiger partial charge in [-0.2, -0.15) is 0 Å². The largest absolute Gasteiger partial charge is 0.405 e. The normalized spacial score (nSPS) is 14.8. The fourth-order valence-electron chi connectivity index (χ4n) is 4.98. The lowest BCUT2D eigenvalue weighted by Gasteiger charge is -2.44. The van der Waals surface area contributed by atoms with Gasteiger partial charge in [-0.1, -0.05) is 107 Å². The molecule has 36 heavy (non-hydrogen) atoms. The van der Waals surface area contributed by atoms with Crippen molar-refractivity contribution in [1.29, 1.82) is 0 Å². The van der Waals surface area contributed by atoms with Crippen molar-refractivity contribution in [2.45, 2.75) is 96.0 Å². The third-order valence-corrected chi connectivity index (χ3v) is 12.1. The summed E-state index contributed by atoms with van der Waals surface area (Å²) in [7, 11) is -0.863. The summed E-state index contributed by atoms with van der Waals surface area (Å²) < 4.78 is 18.1. The van der Waals surface area contributed by atoms with Crippen LogP contribution in [-0.2, 0) is 13.9 Å². The lowest BCUT2D eigenvalue weighted by Crippen LogP contribution is -2.67. The molecule has 200 valence electrons. The number of aliphatic hydroxyl groups excluding tert-OH is 1. The van der Waals surface area contributed by atoms with Crippen LogP contribution in [0.3, 0.4) is 0 Å². The SMILES string of the molecule is C=C[C@@H](O)CC[C@H](CCCCC[C@H](C)O[Si](c1ccccc1)(c1ccccc1)C(C)(C)C)OCOC. The molecule has 0 fully saturated rings. The zero-order chi connectivity index (χ0) is 26.4. The van der Waals surface area contributed by atoms with E-state index in [0.29, 0.717) is 6.42 Å². The fraction of sp³-hybridized carbons (Fsp3) is 0.548. The van der Waals surface area contributed by atoms with Crippen LogP contribution in [-0.4, -0.2) is 45.6 Å². The topological polar surface area (TPSA) is 47.9 Å². The first-order valence-corrected chi connectivity index (χ1v) is 15.4. The van der Waals surface area contributed by atoms with Crippen LogP contribution < -0.4 is 10.4 Å². The van der Waals surface area contributed by atoms with Crippen LogP contribution in [0.25, 0.3) is 0 Å². The highest BCUT2D eigenvalue weighted by molar-refractivity contribution is 6.99. The molecule has 0 aliphatic rings. The third kappa shape index (κ3) is 8.96. The van der Waals surface area contributed by atoms with Gasteiger partial charge >= 0.3 is 0 Å². The smallest absolute Gasteiger partial charge is 0.261 e. The van der Waals surface area contributed by atoms with Gasteiger partial charge in [0, 0.05) is 13.2 Å². The van der Waals surface area contributed by atoms with Crippen LogP contribution in [0, 0.1) is 0 Å². The van der Waals surface area contributed by atoms with Gasteiger partial charge in [0.25, 0.3) is 8.32 Å². The Labute approximate surface area is 220 Å². The predicted molar refractivity (Wildman–Crippen MR) is 153 cm³/mol. The van der Waals surface area contributed by atoms with Gasteiger partial charge in [-0.05, 0) is 48.0 Å². The van der Waals surface area contributed by atoms with Gasteiger partial charge < -0.3 is 19.0 Å². The van der Waals surface area contributed by atoms with E-state index in [4.69, 9.17) is 13.9 Å². The van der Waals surface area contributed by atoms with Crippen LogP contribution in [0.4, 0.5) is 0 Å². The molecule has 3 atom stereocenters. The predicted octanol–water partition coefficient (Wildman–Crippen LogP) is 6.22. The summed E-state index contributed by atoms with van der Waals surface area (Å²) in [5.74, 6) is 0. The molecule has 0 unspecified atom stereocenters. The average molecular weight is 513 g/mol. The van der Waals surface area contributed by atoms with E-state index in [0.717, 1.165) is 38.5 Å². The molecule has 0 radical (unpaired) electrons. The Morgan fingerprint density at radius 2 is 1.42 bits per heavy atom. The lowest BCUT2D eigenvalue weighted by molar-refractivity contribution is -0.0792. The third-order valence-electron chi connectivity index (χ3n) is 6.91. The molecule has 2 aromatic carbocycles. The van der Waals surface area contributed by atoms with E-state index in [1.54, 1.807) is 13.2 Å². The maximum atomic E-state index is 9.80. The molecule has 0 bridgehead atoms. The minimum atomic E-state index is -2.50. The number of aliphatic hydroxyl groups is 1. The van der Waals surface area contributed by atoms with Crippen molar-refractivity contribution < 1.29 is 19.0 Å². The van der Waals surface area contributed by atoms with Crippen molar-refractivity contribution in [3.05, 3.63) is 73.3 Å². The van der Waals surface area contributed by atoms with Crippen molar-refractivity contribution in [2.24, 2.45) is 0 Å². The van der Waals surface area contributed by atoms with Crippen LogP contribution in [0.2, 0.25) is 5.04 Å². The monoisotopic (exact) mass is 512 g/mol. The summed E-state index contributed by atoms with van der Waals surface area (Å²) in [6.07, 6.45) is 8.19. The lowest BCUT2D eigenvalue weighted by atomic mass is 10.0. The Morgan fingerprint density at radius 1 is 0.861 bits per heavy atom. The standard InChI is InChI=1S/C31H48O4Si/c1-7-27(32)23-24-28(34-25-33-6)18-12-8-11-17-26(2)35-36(31(3,4)5,29-19-13-9-14-20-29)30-21-15-10-16-22-30/h7,9-10,13-16,19-22,26-28,32H,1,8,11-12,17-18,23-25H2,2-6H3/t26-,27+,28-/m0/s1. The Hall–Kier alpha value is -1.76. The molecule has 2 aromatic rings. The Morgan fingerprint density at radius 3 is 1.92 bits per heavy atom. The number of hydrogen-bond donors (Lipinski definition) is 1. The summed E-state index contributed by atoms with van der Waals surface area (Å²) in [5, 5.41) is 12.5. The Balaban J connectivity index is 2.00. The molecule has 0 aliphatic carbocycles. The quantitative estimate of drug-likeness (QED) is 0.118. The van der Waals surface area contributed by atoms with Crippen molar-refractivity contribution >= 4 is 18.7 Å². The van der Waals surface area contributed by atoms with E-state index in [-0.39, 0.29) is 24.0 Å². The molecular formula is C31H48O4Si. The second-order valence-electron chi connectivity index (χ2n) is 10.8. The van der Waals surface area contributed by atoms with Gasteiger partial charge in [-0.15, -0.1) is 6.58 Å². The van der Waals surface area contributed by atoms with Crippen molar-refractivity contribution in [2.75, 3.05) is 13.9 Å². The summed E-state index contributed by atoms with van der Waals surface area (Å²) in [6, 6.07) is 21.7. The number of rotatable bonds is 17. The van der Waals surface area contributed by atoms with E-state index in [9.17, 15) is 5.11 Å². The summed E-state index contributed by atoms with van der Waals surface area (Å²) >= 11 is 0. The Kier molecular flexibility index (Phi) is 13.1. The molecule has 0 heterocycles. The maximum Gasteiger partial charge on any atom is 0.261 e. The van der Waals surface area contributed by atoms with Crippen LogP contribution >= 0.6 is 0 Å². The van der Waals surface area contributed by atoms with Crippen LogP contribution in [0.15, 0.2) is 73.3 Å². The second kappa shape index (κ2) is 15.5. The first kappa shape index (κ1) is 30.5. The van der Waals surface area contributed by atoms with Crippen molar-refractivity contribution in [3.63, 3.8) is 0 Å². The molecule has 0 saturated carbocycles. The number of hydrogen-bond acceptors (Lipinski definition) is 4. The Bertz CT molecular complexity index is 810. The van der Waals surface area contributed by atoms with Gasteiger partial charge in [0.1, 0.15) is 6.79 Å². The van der Waals surface area contributed by atoms with E-state index >= 15 is 0 Å². The molecule has 1 N–H and O–H groups in total. The fourth-order valence-corrected chi connectivity index (χ4v) is 9.72. The molecule has 0 saturated heterocycles. The summed E-state index contributed by atoms with van der Waals surface area (Å²) in [5.41, 5.74) is 0. The molecule has 4 nitrogen and oxygen atoms in total. The molecular weight excluding hydrogens is 464 g/mol. The van der Waals surface area contributed by atoms with E-state index in [1.165, 1.54) is 10.4 Å². The molecule has 5 heteroatoms. The van der Waals surface area contributed by atoms with Gasteiger partial charge in [0.05, 0.1) is 12.2 Å². The first-order valence-electron chi connectivity index (χ1n) is 13.4. The number of benzene rings is 2. The second-order valence-corrected chi connectivity index (χ2v) is 15.1. The zero-order valence-electron chi connectivity index (χ0n) is 23.1. The van der Waals surface area contributed by atoms with E-state index in [2.05, 4.69) is 94.9 Å². The molecule has 0 aliphatic heterocycles. The van der Waals surface area contributed by atoms with Crippen LogP contribution in [0.1, 0.15) is 72.6 Å². The summed E-state index contributed by atoms with van der Waals surface area (Å²) in [4.78, 5) is 0. The average Bonchev–Trinajstić information content (AvgIpc) is 2.88. The van der Waals surface area contributed by atoms with Crippen LogP contribution in [0.5, 0.6) is 0 Å². The van der Waals surface area contributed by atoms with Crippen molar-refractivity contribution in [3.8, 4) is 0 Å². The minimum absolute atomic E-state index is 0.00806. The van der Waals surface area contributed by atoms with E-state index in [1.807, 2.05) is 0 Å². The molecule has 2 rings (SSSR count). The molecule has 0 spiro atoms. The molecule has 0 aromatic heterocycles.